The first-order chi connectivity index (χ1) is 13.9. The molecule has 0 unspecified atom stereocenters. The Hall–Kier alpha value is -3.22. The minimum Gasteiger partial charge on any atom is -0.491 e. The number of carbonyl (C=O) groups excluding carboxylic acids is 1. The molecule has 7 heteroatoms. The molecule has 2 aromatic heterocycles. The summed E-state index contributed by atoms with van der Waals surface area (Å²) in [6.07, 6.45) is 1.12. The molecular weight excluding hydrogens is 366 g/mol. The van der Waals surface area contributed by atoms with Gasteiger partial charge in [0, 0.05) is 22.6 Å². The van der Waals surface area contributed by atoms with Gasteiger partial charge in [0.05, 0.1) is 24.4 Å². The zero-order valence-corrected chi connectivity index (χ0v) is 17.6. The zero-order valence-electron chi connectivity index (χ0n) is 17.6. The molecule has 7 nitrogen and oxygen atoms in total. The molecule has 0 aliphatic rings. The van der Waals surface area contributed by atoms with Gasteiger partial charge in [0.1, 0.15) is 5.75 Å². The van der Waals surface area contributed by atoms with Crippen LogP contribution < -0.4 is 10.1 Å². The lowest BCUT2D eigenvalue weighted by atomic mass is 10.1. The van der Waals surface area contributed by atoms with Gasteiger partial charge < -0.3 is 10.1 Å². The lowest BCUT2D eigenvalue weighted by Crippen LogP contribution is -2.16. The van der Waals surface area contributed by atoms with Gasteiger partial charge in [-0.05, 0) is 52.3 Å². The fourth-order valence-corrected chi connectivity index (χ4v) is 3.19. The van der Waals surface area contributed by atoms with Crippen LogP contribution in [0.25, 0.3) is 5.95 Å². The lowest BCUT2D eigenvalue weighted by molar-refractivity contribution is -0.115. The van der Waals surface area contributed by atoms with Gasteiger partial charge in [0.2, 0.25) is 5.91 Å². The molecule has 152 valence electrons. The van der Waals surface area contributed by atoms with Crippen molar-refractivity contribution < 1.29 is 9.53 Å². The van der Waals surface area contributed by atoms with Gasteiger partial charge in [0.25, 0.3) is 5.95 Å². The average molecular weight is 393 g/mol. The van der Waals surface area contributed by atoms with E-state index in [9.17, 15) is 4.79 Å². The predicted octanol–water partition coefficient (Wildman–Crippen LogP) is 3.87. The van der Waals surface area contributed by atoms with Crippen LogP contribution >= 0.6 is 0 Å². The maximum absolute atomic E-state index is 12.7. The van der Waals surface area contributed by atoms with Gasteiger partial charge >= 0.3 is 0 Å². The average Bonchev–Trinajstić information content (AvgIpc) is 2.95. The Morgan fingerprint density at radius 3 is 2.48 bits per heavy atom. The second kappa shape index (κ2) is 8.86. The number of amides is 1. The molecule has 1 N–H and O–H groups in total. The van der Waals surface area contributed by atoms with E-state index in [2.05, 4.69) is 20.4 Å². The van der Waals surface area contributed by atoms with E-state index in [1.54, 1.807) is 4.68 Å². The van der Waals surface area contributed by atoms with Crippen molar-refractivity contribution in [1.29, 1.82) is 0 Å². The van der Waals surface area contributed by atoms with Gasteiger partial charge in [-0.25, -0.2) is 14.6 Å². The number of anilines is 1. The van der Waals surface area contributed by atoms with E-state index in [0.29, 0.717) is 24.0 Å². The summed E-state index contributed by atoms with van der Waals surface area (Å²) in [6.45, 7) is 10.3. The highest BCUT2D eigenvalue weighted by Crippen LogP contribution is 2.25. The number of para-hydroxylation sites is 2. The largest absolute Gasteiger partial charge is 0.491 e. The van der Waals surface area contributed by atoms with Gasteiger partial charge in [0.15, 0.2) is 0 Å². The predicted molar refractivity (Wildman–Crippen MR) is 113 cm³/mol. The topological polar surface area (TPSA) is 81.9 Å². The van der Waals surface area contributed by atoms with Crippen molar-refractivity contribution in [3.05, 3.63) is 58.7 Å². The van der Waals surface area contributed by atoms with Crippen LogP contribution in [0.15, 0.2) is 30.3 Å². The summed E-state index contributed by atoms with van der Waals surface area (Å²) in [5, 5.41) is 7.53. The number of ether oxygens (including phenoxy) is 1. The number of hydrogen-bond acceptors (Lipinski definition) is 5. The Morgan fingerprint density at radius 1 is 1.10 bits per heavy atom. The number of rotatable bonds is 7. The fraction of sp³-hybridized carbons (Fsp3) is 0.364. The molecule has 0 fully saturated rings. The molecule has 2 heterocycles. The van der Waals surface area contributed by atoms with E-state index in [1.165, 1.54) is 0 Å². The summed E-state index contributed by atoms with van der Waals surface area (Å²) in [7, 11) is 0. The first-order valence-electron chi connectivity index (χ1n) is 9.78. The van der Waals surface area contributed by atoms with Crippen molar-refractivity contribution in [2.75, 3.05) is 11.9 Å². The summed E-state index contributed by atoms with van der Waals surface area (Å²) in [6, 6.07) is 9.39. The molecule has 0 radical (unpaired) electrons. The Morgan fingerprint density at radius 2 is 1.79 bits per heavy atom. The van der Waals surface area contributed by atoms with Crippen LogP contribution in [0, 0.1) is 27.7 Å². The van der Waals surface area contributed by atoms with Gasteiger partial charge in [-0.1, -0.05) is 19.1 Å². The monoisotopic (exact) mass is 393 g/mol. The zero-order chi connectivity index (χ0) is 21.0. The quantitative estimate of drug-likeness (QED) is 0.659. The first kappa shape index (κ1) is 20.5. The lowest BCUT2D eigenvalue weighted by Gasteiger charge is -2.12. The van der Waals surface area contributed by atoms with E-state index < -0.39 is 0 Å². The molecule has 0 bridgehead atoms. The number of aryl methyl sites for hydroxylation is 3. The van der Waals surface area contributed by atoms with Gasteiger partial charge in [-0.2, -0.15) is 5.10 Å². The Labute approximate surface area is 171 Å². The summed E-state index contributed by atoms with van der Waals surface area (Å²) < 4.78 is 7.43. The molecule has 3 aromatic rings. The maximum atomic E-state index is 12.7. The number of nitrogens with zero attached hydrogens (tertiary/aromatic N) is 4. The molecular formula is C22H27N5O2. The van der Waals surface area contributed by atoms with Crippen molar-refractivity contribution >= 4 is 11.6 Å². The van der Waals surface area contributed by atoms with Crippen molar-refractivity contribution in [2.24, 2.45) is 0 Å². The van der Waals surface area contributed by atoms with E-state index in [-0.39, 0.29) is 12.3 Å². The third kappa shape index (κ3) is 4.80. The number of carbonyl (C=O) groups is 1. The van der Waals surface area contributed by atoms with Crippen molar-refractivity contribution in [1.82, 2.24) is 19.7 Å². The molecule has 3 rings (SSSR count). The molecule has 0 aliphatic carbocycles. The van der Waals surface area contributed by atoms with Crippen LogP contribution in [0.5, 0.6) is 5.75 Å². The number of hydrogen-bond donors (Lipinski definition) is 1. The summed E-state index contributed by atoms with van der Waals surface area (Å²) >= 11 is 0. The third-order valence-electron chi connectivity index (χ3n) is 4.56. The Kier molecular flexibility index (Phi) is 6.26. The van der Waals surface area contributed by atoms with Crippen LogP contribution in [-0.4, -0.2) is 32.3 Å². The molecule has 29 heavy (non-hydrogen) atoms. The van der Waals surface area contributed by atoms with E-state index in [4.69, 9.17) is 4.74 Å². The van der Waals surface area contributed by atoms with E-state index >= 15 is 0 Å². The smallest absolute Gasteiger partial charge is 0.251 e. The van der Waals surface area contributed by atoms with Gasteiger partial charge in [-0.15, -0.1) is 0 Å². The van der Waals surface area contributed by atoms with E-state index in [0.717, 1.165) is 34.8 Å². The van der Waals surface area contributed by atoms with Crippen LogP contribution in [0.1, 0.15) is 41.7 Å². The number of aromatic nitrogens is 4. The first-order valence-corrected chi connectivity index (χ1v) is 9.78. The molecule has 1 amide bonds. The molecule has 0 saturated carbocycles. The highest BCUT2D eigenvalue weighted by atomic mass is 16.5. The normalized spacial score (nSPS) is 10.8. The molecule has 0 aliphatic heterocycles. The fourth-order valence-electron chi connectivity index (χ4n) is 3.19. The Balaban J connectivity index is 1.81. The van der Waals surface area contributed by atoms with Crippen molar-refractivity contribution in [3.63, 3.8) is 0 Å². The second-order valence-electron chi connectivity index (χ2n) is 7.08. The Bertz CT molecular complexity index is 1010. The SMILES string of the molecule is CCCOc1ccccc1NC(=O)Cc1c(C)nn(-c2nc(C)cc(C)n2)c1C. The van der Waals surface area contributed by atoms with E-state index in [1.807, 2.05) is 65.0 Å². The van der Waals surface area contributed by atoms with Gasteiger partial charge in [-0.3, -0.25) is 4.79 Å². The van der Waals surface area contributed by atoms with Crippen LogP contribution in [-0.2, 0) is 11.2 Å². The summed E-state index contributed by atoms with van der Waals surface area (Å²) in [5.41, 5.74) is 4.95. The molecule has 0 spiro atoms. The minimum absolute atomic E-state index is 0.121. The number of benzene rings is 1. The van der Waals surface area contributed by atoms with Crippen molar-refractivity contribution in [2.45, 2.75) is 47.5 Å². The molecule has 0 saturated heterocycles. The summed E-state index contributed by atoms with van der Waals surface area (Å²) in [4.78, 5) is 21.7. The molecule has 1 aromatic carbocycles. The highest BCUT2D eigenvalue weighted by molar-refractivity contribution is 5.93. The summed E-state index contributed by atoms with van der Waals surface area (Å²) in [5.74, 6) is 1.08. The van der Waals surface area contributed by atoms with Crippen LogP contribution in [0.2, 0.25) is 0 Å². The maximum Gasteiger partial charge on any atom is 0.251 e. The van der Waals surface area contributed by atoms with Crippen LogP contribution in [0.3, 0.4) is 0 Å². The minimum atomic E-state index is -0.121. The highest BCUT2D eigenvalue weighted by Gasteiger charge is 2.18. The molecule has 0 atom stereocenters. The standard InChI is InChI=1S/C22H27N5O2/c1-6-11-29-20-10-8-7-9-19(20)25-21(28)13-18-16(4)26-27(17(18)5)22-23-14(2)12-15(3)24-22/h7-10,12H,6,11,13H2,1-5H3,(H,25,28). The number of nitrogens with one attached hydrogen (secondary N) is 1. The second-order valence-corrected chi connectivity index (χ2v) is 7.08. The third-order valence-corrected chi connectivity index (χ3v) is 4.56. The van der Waals surface area contributed by atoms with Crippen molar-refractivity contribution in [3.8, 4) is 11.7 Å². The van der Waals surface area contributed by atoms with Crippen LogP contribution in [0.4, 0.5) is 5.69 Å².